The van der Waals surface area contributed by atoms with Crippen molar-refractivity contribution in [1.82, 2.24) is 4.98 Å². The molecule has 0 aliphatic heterocycles. The van der Waals surface area contributed by atoms with Crippen LogP contribution in [0.25, 0.3) is 11.3 Å². The van der Waals surface area contributed by atoms with Crippen LogP contribution in [0.3, 0.4) is 0 Å². The van der Waals surface area contributed by atoms with Crippen molar-refractivity contribution in [2.24, 2.45) is 0 Å². The maximum Gasteiger partial charge on any atom is 0.416 e. The molecule has 0 bridgehead atoms. The summed E-state index contributed by atoms with van der Waals surface area (Å²) in [7, 11) is 0. The van der Waals surface area contributed by atoms with E-state index in [1.165, 1.54) is 24.3 Å². The van der Waals surface area contributed by atoms with E-state index in [4.69, 9.17) is 4.42 Å². The molecule has 0 fully saturated rings. The summed E-state index contributed by atoms with van der Waals surface area (Å²) in [5, 5.41) is 2.58. The van der Waals surface area contributed by atoms with Crippen molar-refractivity contribution in [3.05, 3.63) is 71.6 Å². The minimum atomic E-state index is -4.44. The molecule has 3 rings (SSSR count). The van der Waals surface area contributed by atoms with Gasteiger partial charge in [-0.05, 0) is 43.3 Å². The fraction of sp³-hybridized carbons (Fsp3) is 0.111. The molecule has 7 heteroatoms. The number of nitrogens with zero attached hydrogens (tertiary/aromatic N) is 1. The first-order chi connectivity index (χ1) is 11.8. The topological polar surface area (TPSA) is 55.1 Å². The van der Waals surface area contributed by atoms with Gasteiger partial charge in [-0.1, -0.05) is 18.2 Å². The van der Waals surface area contributed by atoms with Crippen LogP contribution < -0.4 is 5.32 Å². The molecule has 0 radical (unpaired) electrons. The van der Waals surface area contributed by atoms with Crippen molar-refractivity contribution in [3.8, 4) is 11.3 Å². The summed E-state index contributed by atoms with van der Waals surface area (Å²) in [6.07, 6.45) is -4.44. The smallest absolute Gasteiger partial charge is 0.416 e. The van der Waals surface area contributed by atoms with E-state index in [9.17, 15) is 18.0 Å². The molecule has 0 spiro atoms. The van der Waals surface area contributed by atoms with E-state index in [0.29, 0.717) is 5.82 Å². The van der Waals surface area contributed by atoms with E-state index >= 15 is 0 Å². The van der Waals surface area contributed by atoms with E-state index < -0.39 is 17.6 Å². The van der Waals surface area contributed by atoms with Gasteiger partial charge in [-0.2, -0.15) is 13.2 Å². The normalized spacial score (nSPS) is 11.4. The highest BCUT2D eigenvalue weighted by Crippen LogP contribution is 2.32. The van der Waals surface area contributed by atoms with E-state index in [1.54, 1.807) is 25.1 Å². The first-order valence-corrected chi connectivity index (χ1v) is 7.35. The lowest BCUT2D eigenvalue weighted by molar-refractivity contribution is -0.137. The Hall–Kier alpha value is -3.09. The summed E-state index contributed by atoms with van der Waals surface area (Å²) >= 11 is 0. The third-order valence-corrected chi connectivity index (χ3v) is 3.43. The SMILES string of the molecule is Cc1cccc(NC(=O)c2ccc(-c3cccc(C(F)(F)F)c3)o2)n1. The highest BCUT2D eigenvalue weighted by Gasteiger charge is 2.30. The van der Waals surface area contributed by atoms with Crippen molar-refractivity contribution in [3.63, 3.8) is 0 Å². The van der Waals surface area contributed by atoms with E-state index in [0.717, 1.165) is 17.8 Å². The first-order valence-electron chi connectivity index (χ1n) is 7.35. The van der Waals surface area contributed by atoms with Crippen molar-refractivity contribution < 1.29 is 22.4 Å². The molecule has 0 saturated heterocycles. The summed E-state index contributed by atoms with van der Waals surface area (Å²) in [6, 6.07) is 12.7. The van der Waals surface area contributed by atoms with Crippen molar-refractivity contribution in [2.45, 2.75) is 13.1 Å². The molecule has 128 valence electrons. The van der Waals surface area contributed by atoms with Crippen LogP contribution in [-0.4, -0.2) is 10.9 Å². The Labute approximate surface area is 141 Å². The zero-order valence-corrected chi connectivity index (χ0v) is 13.1. The standard InChI is InChI=1S/C18H13F3N2O2/c1-11-4-2-7-16(22-11)23-17(24)15-9-8-14(25-15)12-5-3-6-13(10-12)18(19,20)21/h2-10H,1H3,(H,22,23,24). The van der Waals surface area contributed by atoms with Crippen molar-refractivity contribution in [2.75, 3.05) is 5.32 Å². The number of halogens is 3. The highest BCUT2D eigenvalue weighted by atomic mass is 19.4. The van der Waals surface area contributed by atoms with Crippen LogP contribution in [0.5, 0.6) is 0 Å². The molecule has 1 amide bonds. The second kappa shape index (κ2) is 6.43. The second-order valence-electron chi connectivity index (χ2n) is 5.36. The summed E-state index contributed by atoms with van der Waals surface area (Å²) in [5.74, 6) is -0.0116. The van der Waals surface area contributed by atoms with Gasteiger partial charge in [0.25, 0.3) is 5.91 Å². The summed E-state index contributed by atoms with van der Waals surface area (Å²) in [6.45, 7) is 1.79. The number of carbonyl (C=O) groups excluding carboxylic acids is 1. The molecule has 0 aliphatic carbocycles. The van der Waals surface area contributed by atoms with Gasteiger partial charge in [0, 0.05) is 11.3 Å². The number of anilines is 1. The Balaban J connectivity index is 1.82. The zero-order chi connectivity index (χ0) is 18.0. The van der Waals surface area contributed by atoms with E-state index in [-0.39, 0.29) is 17.1 Å². The number of alkyl halides is 3. The van der Waals surface area contributed by atoms with E-state index in [2.05, 4.69) is 10.3 Å². The first kappa shape index (κ1) is 16.8. The number of nitrogens with one attached hydrogen (secondary N) is 1. The quantitative estimate of drug-likeness (QED) is 0.732. The lowest BCUT2D eigenvalue weighted by Crippen LogP contribution is -2.12. The molecule has 2 heterocycles. The van der Waals surface area contributed by atoms with E-state index in [1.807, 2.05) is 0 Å². The Bertz CT molecular complexity index is 916. The predicted octanol–water partition coefficient (Wildman–Crippen LogP) is 4.92. The third-order valence-electron chi connectivity index (χ3n) is 3.43. The lowest BCUT2D eigenvalue weighted by Gasteiger charge is -2.07. The lowest BCUT2D eigenvalue weighted by atomic mass is 10.1. The second-order valence-corrected chi connectivity index (χ2v) is 5.36. The van der Waals surface area contributed by atoms with Gasteiger partial charge in [0.05, 0.1) is 5.56 Å². The van der Waals surface area contributed by atoms with Crippen LogP contribution in [0, 0.1) is 6.92 Å². The molecule has 2 aromatic heterocycles. The molecule has 4 nitrogen and oxygen atoms in total. The molecule has 0 atom stereocenters. The number of benzene rings is 1. The predicted molar refractivity (Wildman–Crippen MR) is 86.1 cm³/mol. The van der Waals surface area contributed by atoms with Gasteiger partial charge in [-0.3, -0.25) is 4.79 Å². The Morgan fingerprint density at radius 2 is 1.84 bits per heavy atom. The van der Waals surface area contributed by atoms with Crippen LogP contribution in [0.1, 0.15) is 21.8 Å². The third kappa shape index (κ3) is 3.88. The largest absolute Gasteiger partial charge is 0.451 e. The van der Waals surface area contributed by atoms with Crippen LogP contribution in [0.2, 0.25) is 0 Å². The van der Waals surface area contributed by atoms with Gasteiger partial charge in [0.15, 0.2) is 5.76 Å². The van der Waals surface area contributed by atoms with Crippen molar-refractivity contribution >= 4 is 11.7 Å². The Kier molecular flexibility index (Phi) is 4.31. The van der Waals surface area contributed by atoms with Gasteiger partial charge in [-0.15, -0.1) is 0 Å². The molecular formula is C18H13F3N2O2. The monoisotopic (exact) mass is 346 g/mol. The average molecular weight is 346 g/mol. The van der Waals surface area contributed by atoms with Crippen LogP contribution in [0.15, 0.2) is 59.0 Å². The fourth-order valence-electron chi connectivity index (χ4n) is 2.25. The zero-order valence-electron chi connectivity index (χ0n) is 13.1. The van der Waals surface area contributed by atoms with Gasteiger partial charge in [0.2, 0.25) is 0 Å². The fourth-order valence-corrected chi connectivity index (χ4v) is 2.25. The number of carbonyl (C=O) groups is 1. The molecule has 3 aromatic rings. The molecule has 1 N–H and O–H groups in total. The number of amides is 1. The molecule has 0 unspecified atom stereocenters. The maximum atomic E-state index is 12.8. The van der Waals surface area contributed by atoms with Crippen LogP contribution in [-0.2, 0) is 6.18 Å². The van der Waals surface area contributed by atoms with Gasteiger partial charge in [0.1, 0.15) is 11.6 Å². The number of hydrogen-bond acceptors (Lipinski definition) is 3. The highest BCUT2D eigenvalue weighted by molar-refractivity contribution is 6.02. The van der Waals surface area contributed by atoms with Gasteiger partial charge < -0.3 is 9.73 Å². The summed E-state index contributed by atoms with van der Waals surface area (Å²) in [4.78, 5) is 16.3. The average Bonchev–Trinajstić information content (AvgIpc) is 3.04. The van der Waals surface area contributed by atoms with Gasteiger partial charge >= 0.3 is 6.18 Å². The number of hydrogen-bond donors (Lipinski definition) is 1. The summed E-state index contributed by atoms with van der Waals surface area (Å²) in [5.41, 5.74) is 0.195. The number of furan rings is 1. The van der Waals surface area contributed by atoms with Crippen LogP contribution in [0.4, 0.5) is 19.0 Å². The number of pyridine rings is 1. The maximum absolute atomic E-state index is 12.8. The van der Waals surface area contributed by atoms with Crippen LogP contribution >= 0.6 is 0 Å². The summed E-state index contributed by atoms with van der Waals surface area (Å²) < 4.78 is 43.8. The van der Waals surface area contributed by atoms with Gasteiger partial charge in [-0.25, -0.2) is 4.98 Å². The Morgan fingerprint density at radius 3 is 2.56 bits per heavy atom. The number of rotatable bonds is 3. The molecule has 0 aliphatic rings. The molecular weight excluding hydrogens is 333 g/mol. The minimum Gasteiger partial charge on any atom is -0.451 e. The Morgan fingerprint density at radius 1 is 1.08 bits per heavy atom. The molecule has 0 saturated carbocycles. The molecule has 1 aromatic carbocycles. The minimum absolute atomic E-state index is 0.0179. The number of aromatic nitrogens is 1. The molecule has 25 heavy (non-hydrogen) atoms. The number of aryl methyl sites for hydroxylation is 1. The van der Waals surface area contributed by atoms with Crippen molar-refractivity contribution in [1.29, 1.82) is 0 Å².